The number of amides is 3. The lowest BCUT2D eigenvalue weighted by Crippen LogP contribution is -2.30. The Hall–Kier alpha value is -2.89. The smallest absolute Gasteiger partial charge is 0.319 e. The second-order valence-electron chi connectivity index (χ2n) is 6.13. The van der Waals surface area contributed by atoms with Gasteiger partial charge in [-0.2, -0.15) is 0 Å². The van der Waals surface area contributed by atoms with Gasteiger partial charge >= 0.3 is 6.03 Å². The van der Waals surface area contributed by atoms with Crippen LogP contribution in [0.15, 0.2) is 42.7 Å². The monoisotopic (exact) mass is 338 g/mol. The number of hydrogen-bond donors (Lipinski definition) is 2. The maximum Gasteiger partial charge on any atom is 0.319 e. The first-order valence-corrected chi connectivity index (χ1v) is 8.48. The summed E-state index contributed by atoms with van der Waals surface area (Å²) >= 11 is 0. The van der Waals surface area contributed by atoms with Crippen molar-refractivity contribution >= 4 is 23.3 Å². The molecule has 1 aromatic heterocycles. The molecule has 6 heteroatoms. The van der Waals surface area contributed by atoms with E-state index in [1.807, 2.05) is 43.5 Å². The summed E-state index contributed by atoms with van der Waals surface area (Å²) in [5, 5.41) is 5.65. The number of urea groups is 1. The van der Waals surface area contributed by atoms with Gasteiger partial charge in [-0.15, -0.1) is 0 Å². The van der Waals surface area contributed by atoms with Gasteiger partial charge in [-0.1, -0.05) is 0 Å². The molecule has 3 rings (SSSR count). The SMILES string of the molecule is Cc1cnccc1CCNC(=O)Nc1ccc(N2CCCC2=O)cc1. The number of nitrogens with zero attached hydrogens (tertiary/aromatic N) is 2. The molecule has 1 aliphatic rings. The third-order valence-electron chi connectivity index (χ3n) is 4.33. The quantitative estimate of drug-likeness (QED) is 0.880. The van der Waals surface area contributed by atoms with Crippen molar-refractivity contribution in [2.24, 2.45) is 0 Å². The largest absolute Gasteiger partial charge is 0.338 e. The topological polar surface area (TPSA) is 74.3 Å². The highest BCUT2D eigenvalue weighted by Crippen LogP contribution is 2.22. The Morgan fingerprint density at radius 2 is 2.04 bits per heavy atom. The maximum atomic E-state index is 12.0. The molecule has 130 valence electrons. The van der Waals surface area contributed by atoms with E-state index in [4.69, 9.17) is 0 Å². The minimum Gasteiger partial charge on any atom is -0.338 e. The van der Waals surface area contributed by atoms with Crippen LogP contribution in [0.5, 0.6) is 0 Å². The highest BCUT2D eigenvalue weighted by molar-refractivity contribution is 5.96. The van der Waals surface area contributed by atoms with Gasteiger partial charge in [-0.3, -0.25) is 9.78 Å². The molecule has 1 fully saturated rings. The van der Waals surface area contributed by atoms with Crippen molar-refractivity contribution in [2.45, 2.75) is 26.2 Å². The van der Waals surface area contributed by atoms with Gasteiger partial charge in [0.2, 0.25) is 5.91 Å². The van der Waals surface area contributed by atoms with E-state index >= 15 is 0 Å². The molecule has 2 heterocycles. The van der Waals surface area contributed by atoms with Gasteiger partial charge in [-0.05, 0) is 61.2 Å². The molecule has 2 N–H and O–H groups in total. The third kappa shape index (κ3) is 4.35. The van der Waals surface area contributed by atoms with Crippen molar-refractivity contribution in [2.75, 3.05) is 23.3 Å². The molecule has 2 aromatic rings. The molecule has 1 aromatic carbocycles. The van der Waals surface area contributed by atoms with Gasteiger partial charge in [0, 0.05) is 43.3 Å². The van der Waals surface area contributed by atoms with Gasteiger partial charge in [-0.25, -0.2) is 4.79 Å². The molecule has 0 bridgehead atoms. The van der Waals surface area contributed by atoms with Crippen molar-refractivity contribution in [3.05, 3.63) is 53.9 Å². The zero-order valence-corrected chi connectivity index (χ0v) is 14.3. The number of aromatic nitrogens is 1. The van der Waals surface area contributed by atoms with Crippen LogP contribution in [0, 0.1) is 6.92 Å². The van der Waals surface area contributed by atoms with Gasteiger partial charge in [0.25, 0.3) is 0 Å². The van der Waals surface area contributed by atoms with Gasteiger partial charge in [0.05, 0.1) is 0 Å². The van der Waals surface area contributed by atoms with Crippen molar-refractivity contribution < 1.29 is 9.59 Å². The maximum absolute atomic E-state index is 12.0. The number of carbonyl (C=O) groups excluding carboxylic acids is 2. The Balaban J connectivity index is 1.48. The molecule has 0 atom stereocenters. The lowest BCUT2D eigenvalue weighted by atomic mass is 10.1. The Kier molecular flexibility index (Phi) is 5.28. The van der Waals surface area contributed by atoms with E-state index in [1.54, 1.807) is 11.1 Å². The molecule has 1 saturated heterocycles. The number of pyridine rings is 1. The van der Waals surface area contributed by atoms with Crippen molar-refractivity contribution in [3.63, 3.8) is 0 Å². The normalized spacial score (nSPS) is 13.8. The van der Waals surface area contributed by atoms with E-state index < -0.39 is 0 Å². The molecule has 6 nitrogen and oxygen atoms in total. The number of anilines is 2. The first-order chi connectivity index (χ1) is 12.1. The molecular formula is C19H22N4O2. The van der Waals surface area contributed by atoms with E-state index in [-0.39, 0.29) is 11.9 Å². The Morgan fingerprint density at radius 3 is 2.72 bits per heavy atom. The Labute approximate surface area is 147 Å². The van der Waals surface area contributed by atoms with E-state index in [2.05, 4.69) is 15.6 Å². The van der Waals surface area contributed by atoms with Crippen LogP contribution in [0.3, 0.4) is 0 Å². The van der Waals surface area contributed by atoms with Crippen LogP contribution in [0.4, 0.5) is 16.2 Å². The predicted octanol–water partition coefficient (Wildman–Crippen LogP) is 2.88. The summed E-state index contributed by atoms with van der Waals surface area (Å²) in [6.45, 7) is 3.33. The van der Waals surface area contributed by atoms with Crippen LogP contribution in [0.25, 0.3) is 0 Å². The summed E-state index contributed by atoms with van der Waals surface area (Å²) in [6.07, 6.45) is 5.85. The summed E-state index contributed by atoms with van der Waals surface area (Å²) in [5.41, 5.74) is 3.88. The Morgan fingerprint density at radius 1 is 1.24 bits per heavy atom. The first kappa shape index (κ1) is 17.0. The zero-order valence-electron chi connectivity index (χ0n) is 14.3. The molecule has 25 heavy (non-hydrogen) atoms. The molecule has 1 aliphatic heterocycles. The van der Waals surface area contributed by atoms with Crippen LogP contribution >= 0.6 is 0 Å². The fourth-order valence-electron chi connectivity index (χ4n) is 2.91. The van der Waals surface area contributed by atoms with E-state index in [0.717, 1.165) is 30.6 Å². The highest BCUT2D eigenvalue weighted by atomic mass is 16.2. The molecule has 0 radical (unpaired) electrons. The fourth-order valence-corrected chi connectivity index (χ4v) is 2.91. The second-order valence-corrected chi connectivity index (χ2v) is 6.13. The van der Waals surface area contributed by atoms with Gasteiger partial charge in [0.15, 0.2) is 0 Å². The number of rotatable bonds is 5. The standard InChI is InChI=1S/C19H22N4O2/c1-14-13-20-10-8-15(14)9-11-21-19(25)22-16-4-6-17(7-5-16)23-12-2-3-18(23)24/h4-8,10,13H,2-3,9,11-12H2,1H3,(H2,21,22,25). The van der Waals surface area contributed by atoms with E-state index in [9.17, 15) is 9.59 Å². The van der Waals surface area contributed by atoms with Crippen molar-refractivity contribution in [1.29, 1.82) is 0 Å². The Bertz CT molecular complexity index is 758. The highest BCUT2D eigenvalue weighted by Gasteiger charge is 2.21. The summed E-state index contributed by atoms with van der Waals surface area (Å²) in [4.78, 5) is 29.6. The van der Waals surface area contributed by atoms with Crippen LogP contribution in [0.2, 0.25) is 0 Å². The third-order valence-corrected chi connectivity index (χ3v) is 4.33. The molecular weight excluding hydrogens is 316 g/mol. The number of aryl methyl sites for hydroxylation is 1. The number of benzene rings is 1. The molecule has 0 aliphatic carbocycles. The van der Waals surface area contributed by atoms with Gasteiger partial charge < -0.3 is 15.5 Å². The lowest BCUT2D eigenvalue weighted by molar-refractivity contribution is -0.117. The van der Waals surface area contributed by atoms with E-state index in [0.29, 0.717) is 18.7 Å². The van der Waals surface area contributed by atoms with Crippen molar-refractivity contribution in [1.82, 2.24) is 10.3 Å². The summed E-state index contributed by atoms with van der Waals surface area (Å²) in [6, 6.07) is 9.07. The molecule has 0 spiro atoms. The van der Waals surface area contributed by atoms with E-state index in [1.165, 1.54) is 5.56 Å². The van der Waals surface area contributed by atoms with Crippen LogP contribution in [-0.4, -0.2) is 30.0 Å². The fraction of sp³-hybridized carbons (Fsp3) is 0.316. The summed E-state index contributed by atoms with van der Waals surface area (Å²) in [7, 11) is 0. The molecule has 3 amide bonds. The second kappa shape index (κ2) is 7.79. The summed E-state index contributed by atoms with van der Waals surface area (Å²) < 4.78 is 0. The summed E-state index contributed by atoms with van der Waals surface area (Å²) in [5.74, 6) is 0.157. The van der Waals surface area contributed by atoms with Crippen LogP contribution in [-0.2, 0) is 11.2 Å². The average Bonchev–Trinajstić information content (AvgIpc) is 3.03. The first-order valence-electron chi connectivity index (χ1n) is 8.48. The van der Waals surface area contributed by atoms with Crippen LogP contribution in [0.1, 0.15) is 24.0 Å². The molecule has 0 unspecified atom stereocenters. The van der Waals surface area contributed by atoms with Crippen molar-refractivity contribution in [3.8, 4) is 0 Å². The minimum atomic E-state index is -0.239. The minimum absolute atomic E-state index is 0.157. The van der Waals surface area contributed by atoms with Crippen LogP contribution < -0.4 is 15.5 Å². The number of nitrogens with one attached hydrogen (secondary N) is 2. The number of carbonyl (C=O) groups is 2. The molecule has 0 saturated carbocycles. The predicted molar refractivity (Wildman–Crippen MR) is 97.7 cm³/mol. The van der Waals surface area contributed by atoms with Gasteiger partial charge in [0.1, 0.15) is 0 Å². The average molecular weight is 338 g/mol. The number of hydrogen-bond acceptors (Lipinski definition) is 3. The lowest BCUT2D eigenvalue weighted by Gasteiger charge is -2.16. The zero-order chi connectivity index (χ0) is 17.6.